The van der Waals surface area contributed by atoms with E-state index in [-0.39, 0.29) is 0 Å². The molecule has 0 atom stereocenters. The topological polar surface area (TPSA) is 55.6 Å². The van der Waals surface area contributed by atoms with Crippen molar-refractivity contribution in [3.63, 3.8) is 0 Å². The second-order valence-corrected chi connectivity index (χ2v) is 6.93. The molecule has 1 aromatic carbocycles. The fourth-order valence-electron chi connectivity index (χ4n) is 2.41. The van der Waals surface area contributed by atoms with Crippen molar-refractivity contribution in [2.75, 3.05) is 5.32 Å². The summed E-state index contributed by atoms with van der Waals surface area (Å²) in [6.45, 7) is 4.81. The van der Waals surface area contributed by atoms with Gasteiger partial charge in [0.2, 0.25) is 5.13 Å². The number of halogens is 1. The number of rotatable bonds is 5. The molecule has 0 fully saturated rings. The predicted octanol–water partition coefficient (Wildman–Crippen LogP) is 3.74. The van der Waals surface area contributed by atoms with Crippen molar-refractivity contribution in [1.29, 1.82) is 0 Å². The van der Waals surface area contributed by atoms with Crippen LogP contribution in [0.1, 0.15) is 27.5 Å². The molecule has 0 amide bonds. The molecule has 0 saturated heterocycles. The van der Waals surface area contributed by atoms with Crippen LogP contribution in [0.15, 0.2) is 24.3 Å². The number of aromatic nitrogens is 4. The molecule has 0 radical (unpaired) electrons. The standard InChI is InChI=1S/C16H18ClN5S/c1-10-14(11(2)22(3)21-10)9-18-16-20-19-15(23-16)8-12-4-6-13(17)7-5-12/h4-7H,8-9H2,1-3H3,(H,18,20). The second-order valence-electron chi connectivity index (χ2n) is 5.43. The summed E-state index contributed by atoms with van der Waals surface area (Å²) in [4.78, 5) is 0. The zero-order valence-corrected chi connectivity index (χ0v) is 14.9. The first-order valence-corrected chi connectivity index (χ1v) is 8.52. The van der Waals surface area contributed by atoms with Crippen molar-refractivity contribution in [1.82, 2.24) is 20.0 Å². The maximum atomic E-state index is 5.90. The van der Waals surface area contributed by atoms with Gasteiger partial charge in [0.05, 0.1) is 5.69 Å². The molecule has 3 aromatic rings. The van der Waals surface area contributed by atoms with Gasteiger partial charge in [-0.3, -0.25) is 4.68 Å². The van der Waals surface area contributed by atoms with E-state index in [0.29, 0.717) is 6.54 Å². The summed E-state index contributed by atoms with van der Waals surface area (Å²) in [5, 5.41) is 18.8. The Kier molecular flexibility index (Phi) is 4.63. The Morgan fingerprint density at radius 1 is 1.17 bits per heavy atom. The van der Waals surface area contributed by atoms with Crippen LogP contribution < -0.4 is 5.32 Å². The van der Waals surface area contributed by atoms with Crippen LogP contribution in [0.4, 0.5) is 5.13 Å². The first-order valence-electron chi connectivity index (χ1n) is 7.32. The highest BCUT2D eigenvalue weighted by Gasteiger charge is 2.10. The minimum Gasteiger partial charge on any atom is -0.356 e. The summed E-state index contributed by atoms with van der Waals surface area (Å²) >= 11 is 7.48. The molecule has 0 bridgehead atoms. The lowest BCUT2D eigenvalue weighted by Crippen LogP contribution is -2.02. The molecule has 7 heteroatoms. The number of hydrogen-bond acceptors (Lipinski definition) is 5. The van der Waals surface area contributed by atoms with Gasteiger partial charge in [-0.25, -0.2) is 0 Å². The maximum Gasteiger partial charge on any atom is 0.205 e. The monoisotopic (exact) mass is 347 g/mol. The first-order chi connectivity index (χ1) is 11.0. The van der Waals surface area contributed by atoms with E-state index in [0.717, 1.165) is 27.3 Å². The Labute approximate surface area is 144 Å². The first kappa shape index (κ1) is 16.0. The van der Waals surface area contributed by atoms with Crippen molar-refractivity contribution in [3.8, 4) is 0 Å². The molecular formula is C16H18ClN5S. The van der Waals surface area contributed by atoms with Crippen LogP contribution in [0, 0.1) is 13.8 Å². The number of nitrogens with one attached hydrogen (secondary N) is 1. The van der Waals surface area contributed by atoms with Gasteiger partial charge in [0, 0.05) is 36.3 Å². The van der Waals surface area contributed by atoms with Gasteiger partial charge in [-0.2, -0.15) is 5.10 Å². The van der Waals surface area contributed by atoms with Crippen molar-refractivity contribution >= 4 is 28.1 Å². The van der Waals surface area contributed by atoms with E-state index in [1.807, 2.05) is 42.9 Å². The van der Waals surface area contributed by atoms with E-state index in [1.165, 1.54) is 16.8 Å². The van der Waals surface area contributed by atoms with Crippen molar-refractivity contribution in [2.24, 2.45) is 7.05 Å². The molecule has 3 rings (SSSR count). The average Bonchev–Trinajstić information content (AvgIpc) is 3.05. The third-order valence-electron chi connectivity index (χ3n) is 3.81. The van der Waals surface area contributed by atoms with Gasteiger partial charge in [0.15, 0.2) is 0 Å². The summed E-state index contributed by atoms with van der Waals surface area (Å²) in [5.74, 6) is 0. The van der Waals surface area contributed by atoms with Gasteiger partial charge in [-0.05, 0) is 31.5 Å². The highest BCUT2D eigenvalue weighted by Crippen LogP contribution is 2.21. The average molecular weight is 348 g/mol. The van der Waals surface area contributed by atoms with Crippen LogP contribution in [0.5, 0.6) is 0 Å². The lowest BCUT2D eigenvalue weighted by molar-refractivity contribution is 0.730. The third kappa shape index (κ3) is 3.71. The van der Waals surface area contributed by atoms with Crippen LogP contribution in [0.25, 0.3) is 0 Å². The Balaban J connectivity index is 1.64. The van der Waals surface area contributed by atoms with Gasteiger partial charge in [0.25, 0.3) is 0 Å². The summed E-state index contributed by atoms with van der Waals surface area (Å²) in [6.07, 6.45) is 0.765. The zero-order valence-electron chi connectivity index (χ0n) is 13.3. The SMILES string of the molecule is Cc1nn(C)c(C)c1CNc1nnc(Cc2ccc(Cl)cc2)s1. The lowest BCUT2D eigenvalue weighted by Gasteiger charge is -2.02. The molecule has 0 aliphatic rings. The fourth-order valence-corrected chi connectivity index (χ4v) is 3.31. The highest BCUT2D eigenvalue weighted by molar-refractivity contribution is 7.15. The van der Waals surface area contributed by atoms with Crippen LogP contribution in [0.2, 0.25) is 5.02 Å². The second kappa shape index (κ2) is 6.68. The van der Waals surface area contributed by atoms with Gasteiger partial charge >= 0.3 is 0 Å². The zero-order chi connectivity index (χ0) is 16.4. The molecule has 2 heterocycles. The molecule has 0 spiro atoms. The van der Waals surface area contributed by atoms with Crippen LogP contribution >= 0.6 is 22.9 Å². The minimum absolute atomic E-state index is 0.709. The maximum absolute atomic E-state index is 5.90. The molecule has 5 nitrogen and oxygen atoms in total. The van der Waals surface area contributed by atoms with E-state index in [2.05, 4.69) is 27.5 Å². The molecular weight excluding hydrogens is 330 g/mol. The summed E-state index contributed by atoms with van der Waals surface area (Å²) in [6, 6.07) is 7.81. The van der Waals surface area contributed by atoms with Crippen molar-refractivity contribution in [3.05, 3.63) is 56.8 Å². The van der Waals surface area contributed by atoms with Crippen LogP contribution in [-0.2, 0) is 20.0 Å². The smallest absolute Gasteiger partial charge is 0.205 e. The molecule has 0 saturated carbocycles. The predicted molar refractivity (Wildman–Crippen MR) is 94.2 cm³/mol. The Morgan fingerprint density at radius 2 is 1.91 bits per heavy atom. The van der Waals surface area contributed by atoms with E-state index in [1.54, 1.807) is 11.3 Å². The van der Waals surface area contributed by atoms with Crippen LogP contribution in [0.3, 0.4) is 0 Å². The lowest BCUT2D eigenvalue weighted by atomic mass is 10.2. The van der Waals surface area contributed by atoms with E-state index < -0.39 is 0 Å². The fraction of sp³-hybridized carbons (Fsp3) is 0.312. The Bertz CT molecular complexity index is 806. The summed E-state index contributed by atoms with van der Waals surface area (Å²) in [5.41, 5.74) is 4.60. The van der Waals surface area contributed by atoms with E-state index in [9.17, 15) is 0 Å². The largest absolute Gasteiger partial charge is 0.356 e. The van der Waals surface area contributed by atoms with Gasteiger partial charge in [-0.1, -0.05) is 35.1 Å². The molecule has 120 valence electrons. The van der Waals surface area contributed by atoms with Gasteiger partial charge in [0.1, 0.15) is 5.01 Å². The van der Waals surface area contributed by atoms with Gasteiger partial charge < -0.3 is 5.32 Å². The van der Waals surface area contributed by atoms with Crippen LogP contribution in [-0.4, -0.2) is 20.0 Å². The van der Waals surface area contributed by atoms with E-state index in [4.69, 9.17) is 11.6 Å². The van der Waals surface area contributed by atoms with Crippen molar-refractivity contribution in [2.45, 2.75) is 26.8 Å². The third-order valence-corrected chi connectivity index (χ3v) is 4.94. The molecule has 23 heavy (non-hydrogen) atoms. The molecule has 1 N–H and O–H groups in total. The highest BCUT2D eigenvalue weighted by atomic mass is 35.5. The minimum atomic E-state index is 0.709. The van der Waals surface area contributed by atoms with Gasteiger partial charge in [-0.15, -0.1) is 10.2 Å². The normalized spacial score (nSPS) is 11.0. The number of nitrogens with zero attached hydrogens (tertiary/aromatic N) is 4. The van der Waals surface area contributed by atoms with Crippen molar-refractivity contribution < 1.29 is 0 Å². The number of benzene rings is 1. The number of anilines is 1. The molecule has 2 aromatic heterocycles. The Hall–Kier alpha value is -1.92. The van der Waals surface area contributed by atoms with E-state index >= 15 is 0 Å². The number of aryl methyl sites for hydroxylation is 2. The summed E-state index contributed by atoms with van der Waals surface area (Å²) in [7, 11) is 1.96. The quantitative estimate of drug-likeness (QED) is 0.763. The Morgan fingerprint density at radius 3 is 2.57 bits per heavy atom. The molecule has 0 unspecified atom stereocenters. The molecule has 0 aliphatic carbocycles. The number of hydrogen-bond donors (Lipinski definition) is 1. The molecule has 0 aliphatic heterocycles. The summed E-state index contributed by atoms with van der Waals surface area (Å²) < 4.78 is 1.90.